The maximum atomic E-state index is 5.11. The van der Waals surface area contributed by atoms with Crippen LogP contribution in [0.2, 0.25) is 0 Å². The zero-order chi connectivity index (χ0) is 5.11. The van der Waals surface area contributed by atoms with E-state index in [0.717, 1.165) is 0 Å². The van der Waals surface area contributed by atoms with Crippen LogP contribution in [-0.2, 0) is 6.54 Å². The summed E-state index contributed by atoms with van der Waals surface area (Å²) in [5.74, 6) is 0.542. The summed E-state index contributed by atoms with van der Waals surface area (Å²) < 4.78 is 4.36. The van der Waals surface area contributed by atoms with E-state index in [2.05, 4.69) is 14.7 Å². The fraction of sp³-hybridized carbons (Fsp3) is 0.333. The van der Waals surface area contributed by atoms with Crippen molar-refractivity contribution in [3.63, 3.8) is 0 Å². The second kappa shape index (κ2) is 1.70. The average molecular weight is 99.1 g/mol. The first-order chi connectivity index (χ1) is 3.43. The largest absolute Gasteiger partial charge is 0.343 e. The number of hydrogen-bond donors (Lipinski definition) is 1. The molecule has 0 spiro atoms. The van der Waals surface area contributed by atoms with E-state index < -0.39 is 0 Å². The summed E-state index contributed by atoms with van der Waals surface area (Å²) in [5, 5.41) is 3.42. The summed E-state index contributed by atoms with van der Waals surface area (Å²) in [5.41, 5.74) is 5.11. The highest BCUT2D eigenvalue weighted by atomic mass is 16.5. The van der Waals surface area contributed by atoms with Gasteiger partial charge in [-0.1, -0.05) is 5.16 Å². The monoisotopic (exact) mass is 99.0 g/mol. The molecule has 0 aliphatic carbocycles. The molecule has 4 nitrogen and oxygen atoms in total. The van der Waals surface area contributed by atoms with E-state index in [4.69, 9.17) is 5.73 Å². The second-order valence-corrected chi connectivity index (χ2v) is 1.05. The highest BCUT2D eigenvalue weighted by Crippen LogP contribution is 1.81. The molecule has 0 saturated carbocycles. The van der Waals surface area contributed by atoms with Gasteiger partial charge in [0.2, 0.25) is 6.39 Å². The predicted molar refractivity (Wildman–Crippen MR) is 22.2 cm³/mol. The van der Waals surface area contributed by atoms with Gasteiger partial charge in [-0.15, -0.1) is 0 Å². The van der Waals surface area contributed by atoms with Crippen molar-refractivity contribution in [1.29, 1.82) is 0 Å². The van der Waals surface area contributed by atoms with Crippen LogP contribution in [0, 0.1) is 0 Å². The van der Waals surface area contributed by atoms with Crippen LogP contribution in [0.5, 0.6) is 0 Å². The normalized spacial score (nSPS) is 9.29. The van der Waals surface area contributed by atoms with E-state index >= 15 is 0 Å². The molecule has 1 aromatic rings. The van der Waals surface area contributed by atoms with E-state index in [1.54, 1.807) is 0 Å². The minimum absolute atomic E-state index is 0.344. The van der Waals surface area contributed by atoms with Crippen molar-refractivity contribution in [3.8, 4) is 0 Å². The summed E-state index contributed by atoms with van der Waals surface area (Å²) in [6.07, 6.45) is 1.25. The smallest absolute Gasteiger partial charge is 0.213 e. The van der Waals surface area contributed by atoms with Crippen LogP contribution in [0.3, 0.4) is 0 Å². The first kappa shape index (κ1) is 4.26. The van der Waals surface area contributed by atoms with Gasteiger partial charge in [0.1, 0.15) is 0 Å². The number of nitrogens with zero attached hydrogens (tertiary/aromatic N) is 2. The molecular formula is C3H5N3O. The molecule has 0 radical (unpaired) electrons. The van der Waals surface area contributed by atoms with Gasteiger partial charge in [0, 0.05) is 0 Å². The Kier molecular flexibility index (Phi) is 1.04. The Balaban J connectivity index is 2.76. The Morgan fingerprint density at radius 2 is 2.71 bits per heavy atom. The van der Waals surface area contributed by atoms with Crippen LogP contribution in [0.4, 0.5) is 0 Å². The molecule has 1 heterocycles. The highest BCUT2D eigenvalue weighted by molar-refractivity contribution is 4.73. The van der Waals surface area contributed by atoms with Crippen LogP contribution >= 0.6 is 0 Å². The lowest BCUT2D eigenvalue weighted by atomic mass is 10.6. The molecule has 0 aromatic carbocycles. The Morgan fingerprint density at radius 3 is 3.00 bits per heavy atom. The Bertz CT molecular complexity index is 125. The molecule has 0 amide bonds. The highest BCUT2D eigenvalue weighted by Gasteiger charge is 1.88. The topological polar surface area (TPSA) is 64.9 Å². The van der Waals surface area contributed by atoms with E-state index in [0.29, 0.717) is 12.4 Å². The molecule has 2 N–H and O–H groups in total. The van der Waals surface area contributed by atoms with Crippen molar-refractivity contribution >= 4 is 0 Å². The summed E-state index contributed by atoms with van der Waals surface area (Å²) in [7, 11) is 0. The van der Waals surface area contributed by atoms with Gasteiger partial charge >= 0.3 is 0 Å². The fourth-order valence-electron chi connectivity index (χ4n) is 0.282. The van der Waals surface area contributed by atoms with Gasteiger partial charge in [0.25, 0.3) is 0 Å². The van der Waals surface area contributed by atoms with Crippen LogP contribution < -0.4 is 5.73 Å². The summed E-state index contributed by atoms with van der Waals surface area (Å²) in [4.78, 5) is 3.63. The number of aromatic nitrogens is 2. The SMILES string of the molecule is NCc1ncon1. The molecule has 4 heteroatoms. The quantitative estimate of drug-likeness (QED) is 0.516. The summed E-state index contributed by atoms with van der Waals surface area (Å²) in [6.45, 7) is 0.344. The Morgan fingerprint density at radius 1 is 1.86 bits per heavy atom. The first-order valence-corrected chi connectivity index (χ1v) is 1.89. The molecule has 0 saturated heterocycles. The van der Waals surface area contributed by atoms with Crippen LogP contribution in [0.1, 0.15) is 5.82 Å². The van der Waals surface area contributed by atoms with Crippen LogP contribution in [0.25, 0.3) is 0 Å². The maximum absolute atomic E-state index is 5.11. The van der Waals surface area contributed by atoms with Crippen molar-refractivity contribution in [2.45, 2.75) is 6.54 Å². The van der Waals surface area contributed by atoms with E-state index in [1.165, 1.54) is 6.39 Å². The molecule has 0 aliphatic rings. The molecule has 0 fully saturated rings. The lowest BCUT2D eigenvalue weighted by Gasteiger charge is -1.74. The van der Waals surface area contributed by atoms with Crippen molar-refractivity contribution in [1.82, 2.24) is 10.1 Å². The molecule has 1 rings (SSSR count). The summed E-state index contributed by atoms with van der Waals surface area (Å²) in [6, 6.07) is 0. The molecule has 0 aliphatic heterocycles. The Hall–Kier alpha value is -0.900. The van der Waals surface area contributed by atoms with Crippen molar-refractivity contribution in [2.24, 2.45) is 5.73 Å². The third-order valence-electron chi connectivity index (χ3n) is 0.590. The standard InChI is InChI=1S/C3H5N3O/c4-1-3-5-2-7-6-3/h2H,1,4H2. The second-order valence-electron chi connectivity index (χ2n) is 1.05. The molecule has 1 aromatic heterocycles. The van der Waals surface area contributed by atoms with Gasteiger partial charge in [-0.3, -0.25) is 0 Å². The average Bonchev–Trinajstić information content (AvgIpc) is 2.14. The maximum Gasteiger partial charge on any atom is 0.213 e. The zero-order valence-electron chi connectivity index (χ0n) is 3.66. The van der Waals surface area contributed by atoms with E-state index in [-0.39, 0.29) is 0 Å². The fourth-order valence-corrected chi connectivity index (χ4v) is 0.282. The van der Waals surface area contributed by atoms with Gasteiger partial charge in [0.15, 0.2) is 5.82 Å². The lowest BCUT2D eigenvalue weighted by Crippen LogP contribution is -1.97. The number of nitrogens with two attached hydrogens (primary N) is 1. The van der Waals surface area contributed by atoms with Crippen LogP contribution in [0.15, 0.2) is 10.9 Å². The molecule has 7 heavy (non-hydrogen) atoms. The third-order valence-corrected chi connectivity index (χ3v) is 0.590. The van der Waals surface area contributed by atoms with Crippen molar-refractivity contribution < 1.29 is 4.52 Å². The number of hydrogen-bond acceptors (Lipinski definition) is 4. The Labute approximate surface area is 40.3 Å². The molecule has 0 bridgehead atoms. The van der Waals surface area contributed by atoms with E-state index in [1.807, 2.05) is 0 Å². The minimum atomic E-state index is 0.344. The molecular weight excluding hydrogens is 94.1 g/mol. The van der Waals surface area contributed by atoms with Crippen molar-refractivity contribution in [2.75, 3.05) is 0 Å². The molecule has 38 valence electrons. The molecule has 0 unspecified atom stereocenters. The summed E-state index contributed by atoms with van der Waals surface area (Å²) >= 11 is 0. The zero-order valence-corrected chi connectivity index (χ0v) is 3.66. The number of rotatable bonds is 1. The van der Waals surface area contributed by atoms with Crippen LogP contribution in [-0.4, -0.2) is 10.1 Å². The van der Waals surface area contributed by atoms with Gasteiger partial charge in [-0.05, 0) is 0 Å². The van der Waals surface area contributed by atoms with Gasteiger partial charge in [0.05, 0.1) is 6.54 Å². The molecule has 0 atom stereocenters. The van der Waals surface area contributed by atoms with E-state index in [9.17, 15) is 0 Å². The minimum Gasteiger partial charge on any atom is -0.343 e. The van der Waals surface area contributed by atoms with Gasteiger partial charge in [-0.2, -0.15) is 4.98 Å². The first-order valence-electron chi connectivity index (χ1n) is 1.89. The van der Waals surface area contributed by atoms with Crippen molar-refractivity contribution in [3.05, 3.63) is 12.2 Å². The predicted octanol–water partition coefficient (Wildman–Crippen LogP) is -0.472. The lowest BCUT2D eigenvalue weighted by molar-refractivity contribution is 0.410. The third kappa shape index (κ3) is 0.747. The van der Waals surface area contributed by atoms with Gasteiger partial charge in [-0.25, -0.2) is 0 Å². The van der Waals surface area contributed by atoms with Gasteiger partial charge < -0.3 is 10.3 Å².